The molecule has 0 amide bonds. The van der Waals surface area contributed by atoms with Gasteiger partial charge < -0.3 is 15.6 Å². The lowest BCUT2D eigenvalue weighted by Gasteiger charge is -2.11. The molecular formula is C16H18N6O. The molecule has 0 atom stereocenters. The molecule has 4 N–H and O–H groups in total. The Morgan fingerprint density at radius 1 is 1.30 bits per heavy atom. The second-order valence-electron chi connectivity index (χ2n) is 5.47. The van der Waals surface area contributed by atoms with Crippen LogP contribution in [0.1, 0.15) is 11.3 Å². The summed E-state index contributed by atoms with van der Waals surface area (Å²) in [4.78, 5) is 16.7. The van der Waals surface area contributed by atoms with Crippen molar-refractivity contribution in [1.29, 1.82) is 0 Å². The molecular weight excluding hydrogens is 292 g/mol. The van der Waals surface area contributed by atoms with Gasteiger partial charge in [-0.05, 0) is 25.5 Å². The first-order chi connectivity index (χ1) is 11.0. The largest absolute Gasteiger partial charge is 0.398 e. The Bertz CT molecular complexity index is 925. The average Bonchev–Trinajstić information content (AvgIpc) is 2.92. The third kappa shape index (κ3) is 2.80. The number of benzene rings is 1. The molecule has 0 saturated carbocycles. The van der Waals surface area contributed by atoms with E-state index < -0.39 is 0 Å². The van der Waals surface area contributed by atoms with Gasteiger partial charge in [0.2, 0.25) is 0 Å². The van der Waals surface area contributed by atoms with Crippen LogP contribution < -0.4 is 16.6 Å². The summed E-state index contributed by atoms with van der Waals surface area (Å²) in [6.45, 7) is 3.82. The molecule has 0 bridgehead atoms. The Kier molecular flexibility index (Phi) is 3.61. The monoisotopic (exact) mass is 310 g/mol. The van der Waals surface area contributed by atoms with Crippen molar-refractivity contribution in [1.82, 2.24) is 19.7 Å². The minimum Gasteiger partial charge on any atom is -0.398 e. The number of hydrogen-bond acceptors (Lipinski definition) is 5. The highest BCUT2D eigenvalue weighted by Gasteiger charge is 2.12. The fraction of sp³-hybridized carbons (Fsp3) is 0.188. The van der Waals surface area contributed by atoms with E-state index in [4.69, 9.17) is 5.73 Å². The molecule has 3 aromatic rings. The summed E-state index contributed by atoms with van der Waals surface area (Å²) < 4.78 is 1.49. The molecule has 23 heavy (non-hydrogen) atoms. The van der Waals surface area contributed by atoms with Gasteiger partial charge in [-0.3, -0.25) is 9.89 Å². The number of aromatic nitrogens is 4. The number of nitrogens with one attached hydrogen (secondary N) is 2. The zero-order chi connectivity index (χ0) is 16.6. The standard InChI is InChI=1S/C16H18N6O/c1-9-7-14(21-20-9)19-15-16(23)22(3)8-13(18-15)11-5-4-6-12(17)10(11)2/h4-8H,17H2,1-3H3,(H2,18,19,20,21). The normalized spacial score (nSPS) is 10.7. The van der Waals surface area contributed by atoms with Crippen molar-refractivity contribution in [2.45, 2.75) is 13.8 Å². The van der Waals surface area contributed by atoms with Gasteiger partial charge in [-0.2, -0.15) is 5.10 Å². The second-order valence-corrected chi connectivity index (χ2v) is 5.47. The van der Waals surface area contributed by atoms with Gasteiger partial charge in [0.05, 0.1) is 5.69 Å². The molecule has 118 valence electrons. The molecule has 0 saturated heterocycles. The van der Waals surface area contributed by atoms with Crippen molar-refractivity contribution in [2.24, 2.45) is 7.05 Å². The minimum absolute atomic E-state index is 0.221. The van der Waals surface area contributed by atoms with Gasteiger partial charge in [0.1, 0.15) is 0 Å². The van der Waals surface area contributed by atoms with Crippen molar-refractivity contribution < 1.29 is 0 Å². The topological polar surface area (TPSA) is 102 Å². The van der Waals surface area contributed by atoms with Crippen molar-refractivity contribution in [3.05, 3.63) is 52.1 Å². The lowest BCUT2D eigenvalue weighted by molar-refractivity contribution is 0.847. The van der Waals surface area contributed by atoms with Gasteiger partial charge in [-0.15, -0.1) is 0 Å². The number of hydrogen-bond donors (Lipinski definition) is 3. The van der Waals surface area contributed by atoms with Crippen molar-refractivity contribution in [2.75, 3.05) is 11.1 Å². The molecule has 3 rings (SSSR count). The van der Waals surface area contributed by atoms with Gasteiger partial charge in [0.15, 0.2) is 11.6 Å². The van der Waals surface area contributed by atoms with E-state index in [9.17, 15) is 4.79 Å². The van der Waals surface area contributed by atoms with Gasteiger partial charge in [-0.1, -0.05) is 12.1 Å². The summed E-state index contributed by atoms with van der Waals surface area (Å²) in [5.74, 6) is 0.770. The first-order valence-corrected chi connectivity index (χ1v) is 7.18. The predicted octanol–water partition coefficient (Wildman–Crippen LogP) is 2.11. The first-order valence-electron chi connectivity index (χ1n) is 7.18. The summed E-state index contributed by atoms with van der Waals surface area (Å²) in [5.41, 5.74) is 9.82. The van der Waals surface area contributed by atoms with Crippen molar-refractivity contribution in [3.8, 4) is 11.3 Å². The minimum atomic E-state index is -0.226. The number of aryl methyl sites for hydroxylation is 2. The van der Waals surface area contributed by atoms with Crippen LogP contribution in [0.25, 0.3) is 11.3 Å². The van der Waals surface area contributed by atoms with Crippen molar-refractivity contribution in [3.63, 3.8) is 0 Å². The third-order valence-electron chi connectivity index (χ3n) is 3.68. The van der Waals surface area contributed by atoms with Crippen LogP contribution in [0.2, 0.25) is 0 Å². The molecule has 0 unspecified atom stereocenters. The smallest absolute Gasteiger partial charge is 0.293 e. The zero-order valence-corrected chi connectivity index (χ0v) is 13.2. The zero-order valence-electron chi connectivity index (χ0n) is 13.2. The SMILES string of the molecule is Cc1cc(Nc2nc(-c3cccc(N)c3C)cn(C)c2=O)n[nH]1. The van der Waals surface area contributed by atoms with Gasteiger partial charge in [0, 0.05) is 36.3 Å². The third-order valence-corrected chi connectivity index (χ3v) is 3.68. The summed E-state index contributed by atoms with van der Waals surface area (Å²) in [6.07, 6.45) is 1.70. The molecule has 0 aliphatic carbocycles. The Morgan fingerprint density at radius 3 is 2.78 bits per heavy atom. The van der Waals surface area contributed by atoms with E-state index in [1.165, 1.54) is 4.57 Å². The number of aromatic amines is 1. The van der Waals surface area contributed by atoms with E-state index in [0.717, 1.165) is 16.8 Å². The fourth-order valence-electron chi connectivity index (χ4n) is 2.35. The van der Waals surface area contributed by atoms with E-state index in [-0.39, 0.29) is 11.4 Å². The molecule has 1 aromatic carbocycles. The molecule has 0 spiro atoms. The van der Waals surface area contributed by atoms with Gasteiger partial charge in [-0.25, -0.2) is 4.98 Å². The number of nitrogen functional groups attached to an aromatic ring is 1. The first kappa shape index (κ1) is 14.8. The van der Waals surface area contributed by atoms with Crippen LogP contribution in [0, 0.1) is 13.8 Å². The van der Waals surface area contributed by atoms with E-state index in [2.05, 4.69) is 20.5 Å². The predicted molar refractivity (Wildman–Crippen MR) is 90.7 cm³/mol. The van der Waals surface area contributed by atoms with E-state index in [1.54, 1.807) is 19.3 Å². The molecule has 2 aromatic heterocycles. The number of rotatable bonds is 3. The molecule has 2 heterocycles. The van der Waals surface area contributed by atoms with Crippen molar-refractivity contribution >= 4 is 17.3 Å². The molecule has 7 heteroatoms. The molecule has 7 nitrogen and oxygen atoms in total. The maximum Gasteiger partial charge on any atom is 0.293 e. The summed E-state index contributed by atoms with van der Waals surface area (Å²) in [6, 6.07) is 7.45. The van der Waals surface area contributed by atoms with Crippen LogP contribution >= 0.6 is 0 Å². The van der Waals surface area contributed by atoms with Crippen LogP contribution in [-0.2, 0) is 7.05 Å². The van der Waals surface area contributed by atoms with Crippen LogP contribution in [0.4, 0.5) is 17.3 Å². The van der Waals surface area contributed by atoms with Gasteiger partial charge in [0.25, 0.3) is 5.56 Å². The quantitative estimate of drug-likeness (QED) is 0.643. The maximum absolute atomic E-state index is 12.3. The molecule has 0 aliphatic heterocycles. The second kappa shape index (κ2) is 5.60. The highest BCUT2D eigenvalue weighted by molar-refractivity contribution is 5.70. The van der Waals surface area contributed by atoms with Crippen LogP contribution in [-0.4, -0.2) is 19.7 Å². The Morgan fingerprint density at radius 2 is 2.09 bits per heavy atom. The van der Waals surface area contributed by atoms with Crippen LogP contribution in [0.3, 0.4) is 0 Å². The Hall–Kier alpha value is -3.09. The fourth-order valence-corrected chi connectivity index (χ4v) is 2.35. The summed E-state index contributed by atoms with van der Waals surface area (Å²) in [7, 11) is 1.69. The number of nitrogens with two attached hydrogens (primary N) is 1. The van der Waals surface area contributed by atoms with E-state index in [1.807, 2.05) is 32.0 Å². The summed E-state index contributed by atoms with van der Waals surface area (Å²) >= 11 is 0. The molecule has 0 radical (unpaired) electrons. The lowest BCUT2D eigenvalue weighted by atomic mass is 10.0. The number of anilines is 3. The molecule has 0 aliphatic rings. The summed E-state index contributed by atoms with van der Waals surface area (Å²) in [5, 5.41) is 9.85. The average molecular weight is 310 g/mol. The van der Waals surface area contributed by atoms with Gasteiger partial charge >= 0.3 is 0 Å². The Labute approximate surface area is 133 Å². The maximum atomic E-state index is 12.3. The highest BCUT2D eigenvalue weighted by Crippen LogP contribution is 2.25. The number of H-pyrrole nitrogens is 1. The van der Waals surface area contributed by atoms with E-state index >= 15 is 0 Å². The van der Waals surface area contributed by atoms with E-state index in [0.29, 0.717) is 17.2 Å². The number of nitrogens with zero attached hydrogens (tertiary/aromatic N) is 3. The lowest BCUT2D eigenvalue weighted by Crippen LogP contribution is -2.21. The highest BCUT2D eigenvalue weighted by atomic mass is 16.1. The molecule has 0 fully saturated rings. The van der Waals surface area contributed by atoms with Crippen LogP contribution in [0.5, 0.6) is 0 Å². The Balaban J connectivity index is 2.10. The van der Waals surface area contributed by atoms with Crippen LogP contribution in [0.15, 0.2) is 35.3 Å².